The first-order valence-electron chi connectivity index (χ1n) is 6.68. The first-order chi connectivity index (χ1) is 8.77. The second kappa shape index (κ2) is 8.62. The van der Waals surface area contributed by atoms with Gasteiger partial charge in [-0.05, 0) is 31.6 Å². The molecule has 0 spiro atoms. The van der Waals surface area contributed by atoms with E-state index in [1.165, 1.54) is 0 Å². The van der Waals surface area contributed by atoms with Gasteiger partial charge < -0.3 is 9.47 Å². The molecule has 0 aliphatic carbocycles. The van der Waals surface area contributed by atoms with Crippen molar-refractivity contribution in [2.75, 3.05) is 13.2 Å². The summed E-state index contributed by atoms with van der Waals surface area (Å²) in [6, 6.07) is 8.61. The van der Waals surface area contributed by atoms with Crippen LogP contribution in [0.15, 0.2) is 18.2 Å². The number of hydrogen-bond donors (Lipinski definition) is 0. The normalized spacial score (nSPS) is 10.1. The molecule has 0 aliphatic heterocycles. The summed E-state index contributed by atoms with van der Waals surface area (Å²) in [5.74, 6) is 1.18. The molecule has 2 nitrogen and oxygen atoms in total. The molecule has 1 rings (SSSR count). The minimum absolute atomic E-state index is 0.456. The van der Waals surface area contributed by atoms with Gasteiger partial charge >= 0.3 is 0 Å². The molecule has 1 aromatic rings. The predicted molar refractivity (Wildman–Crippen MR) is 74.2 cm³/mol. The van der Waals surface area contributed by atoms with Crippen molar-refractivity contribution in [3.05, 3.63) is 36.4 Å². The summed E-state index contributed by atoms with van der Waals surface area (Å²) < 4.78 is 11.1. The molecule has 98 valence electrons. The average molecular weight is 246 g/mol. The smallest absolute Gasteiger partial charge is 0.127 e. The molecule has 0 aromatic heterocycles. The van der Waals surface area contributed by atoms with Gasteiger partial charge in [-0.1, -0.05) is 32.8 Å². The molecule has 0 saturated carbocycles. The van der Waals surface area contributed by atoms with Crippen LogP contribution in [0.2, 0.25) is 0 Å². The minimum Gasteiger partial charge on any atom is -0.493 e. The molecule has 0 fully saturated rings. The Kier molecular flexibility index (Phi) is 7.00. The summed E-state index contributed by atoms with van der Waals surface area (Å²) in [4.78, 5) is 0. The molecule has 1 aromatic carbocycles. The summed E-state index contributed by atoms with van der Waals surface area (Å²) in [6.45, 7) is 11.5. The molecule has 0 bridgehead atoms. The standard InChI is InChI=1S/C16H22O2/c1-4-6-11-17-14(3)15-9-8-10-16(13-15)18-12-7-5-2/h3,8-9,13H,4-7,11-12H2,1-2H3. The molecular formula is C16H22O2. The average Bonchev–Trinajstić information content (AvgIpc) is 2.39. The van der Waals surface area contributed by atoms with E-state index in [1.54, 1.807) is 0 Å². The number of benzene rings is 1. The summed E-state index contributed by atoms with van der Waals surface area (Å²) in [7, 11) is 0. The van der Waals surface area contributed by atoms with Gasteiger partial charge in [-0.2, -0.15) is 0 Å². The van der Waals surface area contributed by atoms with Gasteiger partial charge in [0.25, 0.3) is 0 Å². The fourth-order valence-corrected chi connectivity index (χ4v) is 1.42. The largest absolute Gasteiger partial charge is 0.493 e. The maximum absolute atomic E-state index is 5.88. The van der Waals surface area contributed by atoms with Crippen molar-refractivity contribution < 1.29 is 9.47 Å². The molecule has 0 atom stereocenters. The quantitative estimate of drug-likeness (QED) is 0.479. The van der Waals surface area contributed by atoms with Crippen LogP contribution in [-0.2, 0) is 4.74 Å². The lowest BCUT2D eigenvalue weighted by Crippen LogP contribution is -1.98. The first kappa shape index (κ1) is 14.6. The van der Waals surface area contributed by atoms with Gasteiger partial charge in [0.1, 0.15) is 11.5 Å². The zero-order valence-electron chi connectivity index (χ0n) is 11.4. The van der Waals surface area contributed by atoms with Crippen LogP contribution in [0.5, 0.6) is 5.75 Å². The molecule has 0 unspecified atom stereocenters. The van der Waals surface area contributed by atoms with Gasteiger partial charge in [0.2, 0.25) is 0 Å². The van der Waals surface area contributed by atoms with E-state index < -0.39 is 0 Å². The van der Waals surface area contributed by atoms with E-state index in [4.69, 9.17) is 16.1 Å². The second-order valence-corrected chi connectivity index (χ2v) is 4.21. The number of ether oxygens (including phenoxy) is 2. The third-order valence-electron chi connectivity index (χ3n) is 2.57. The Labute approximate surface area is 111 Å². The maximum Gasteiger partial charge on any atom is 0.127 e. The molecule has 0 N–H and O–H groups in total. The molecule has 2 heteroatoms. The molecule has 18 heavy (non-hydrogen) atoms. The zero-order valence-corrected chi connectivity index (χ0v) is 11.4. The highest BCUT2D eigenvalue weighted by atomic mass is 16.5. The van der Waals surface area contributed by atoms with E-state index in [0.29, 0.717) is 19.0 Å². The van der Waals surface area contributed by atoms with Crippen molar-refractivity contribution in [3.63, 3.8) is 0 Å². The van der Waals surface area contributed by atoms with Crippen molar-refractivity contribution in [1.29, 1.82) is 0 Å². The lowest BCUT2D eigenvalue weighted by atomic mass is 10.2. The van der Waals surface area contributed by atoms with Crippen LogP contribution in [0.1, 0.15) is 45.1 Å². The Bertz CT molecular complexity index is 358. The van der Waals surface area contributed by atoms with Crippen molar-refractivity contribution in [2.45, 2.75) is 39.5 Å². The van der Waals surface area contributed by atoms with E-state index in [-0.39, 0.29) is 0 Å². The summed E-state index contributed by atoms with van der Waals surface area (Å²) in [6.07, 6.45) is 4.28. The molecule has 0 heterocycles. The lowest BCUT2D eigenvalue weighted by molar-refractivity contribution is 0.270. The van der Waals surface area contributed by atoms with Crippen LogP contribution in [0.3, 0.4) is 0 Å². The van der Waals surface area contributed by atoms with E-state index >= 15 is 0 Å². The van der Waals surface area contributed by atoms with Crippen molar-refractivity contribution in [2.24, 2.45) is 0 Å². The molecule has 2 radical (unpaired) electrons. The van der Waals surface area contributed by atoms with Gasteiger partial charge in [-0.25, -0.2) is 0 Å². The summed E-state index contributed by atoms with van der Waals surface area (Å²) in [5, 5.41) is 0. The van der Waals surface area contributed by atoms with Gasteiger partial charge in [0.05, 0.1) is 13.2 Å². The number of hydrogen-bond acceptors (Lipinski definition) is 2. The van der Waals surface area contributed by atoms with Crippen LogP contribution in [0, 0.1) is 12.6 Å². The molecule has 0 saturated heterocycles. The van der Waals surface area contributed by atoms with Crippen LogP contribution < -0.4 is 4.74 Å². The molecule has 0 aliphatic rings. The Morgan fingerprint density at radius 1 is 1.22 bits per heavy atom. The van der Waals surface area contributed by atoms with E-state index in [2.05, 4.69) is 19.9 Å². The Morgan fingerprint density at radius 3 is 2.67 bits per heavy atom. The minimum atomic E-state index is 0.456. The summed E-state index contributed by atoms with van der Waals surface area (Å²) >= 11 is 0. The highest BCUT2D eigenvalue weighted by molar-refractivity contribution is 5.57. The highest BCUT2D eigenvalue weighted by Gasteiger charge is 2.02. The lowest BCUT2D eigenvalue weighted by Gasteiger charge is -2.10. The van der Waals surface area contributed by atoms with E-state index in [1.807, 2.05) is 18.2 Å². The van der Waals surface area contributed by atoms with Gasteiger partial charge in [-0.15, -0.1) is 0 Å². The number of rotatable bonds is 9. The third kappa shape index (κ3) is 5.26. The predicted octanol–water partition coefficient (Wildman–Crippen LogP) is 4.26. The third-order valence-corrected chi connectivity index (χ3v) is 2.57. The topological polar surface area (TPSA) is 18.5 Å². The van der Waals surface area contributed by atoms with Crippen molar-refractivity contribution in [1.82, 2.24) is 0 Å². The van der Waals surface area contributed by atoms with Crippen LogP contribution in [-0.4, -0.2) is 13.2 Å². The van der Waals surface area contributed by atoms with E-state index in [9.17, 15) is 0 Å². The fourth-order valence-electron chi connectivity index (χ4n) is 1.42. The van der Waals surface area contributed by atoms with Gasteiger partial charge in [0.15, 0.2) is 0 Å². The Morgan fingerprint density at radius 2 is 1.94 bits per heavy atom. The van der Waals surface area contributed by atoms with Crippen molar-refractivity contribution in [3.8, 4) is 5.75 Å². The molecular weight excluding hydrogens is 224 g/mol. The second-order valence-electron chi connectivity index (χ2n) is 4.21. The monoisotopic (exact) mass is 246 g/mol. The summed E-state index contributed by atoms with van der Waals surface area (Å²) in [5.41, 5.74) is 0.858. The SMILES string of the molecule is [CH]=C(OCCCC)c1cc[c]c(OCCCC)c1. The zero-order chi connectivity index (χ0) is 13.2. The molecule has 0 amide bonds. The van der Waals surface area contributed by atoms with Gasteiger partial charge in [-0.3, -0.25) is 0 Å². The van der Waals surface area contributed by atoms with Crippen LogP contribution in [0.4, 0.5) is 0 Å². The van der Waals surface area contributed by atoms with Gasteiger partial charge in [0, 0.05) is 11.6 Å². The van der Waals surface area contributed by atoms with Crippen LogP contribution in [0.25, 0.3) is 5.76 Å². The maximum atomic E-state index is 5.88. The Hall–Kier alpha value is -1.44. The van der Waals surface area contributed by atoms with Crippen molar-refractivity contribution >= 4 is 5.76 Å². The number of unbranched alkanes of at least 4 members (excludes halogenated alkanes) is 2. The Balaban J connectivity index is 2.49. The highest BCUT2D eigenvalue weighted by Crippen LogP contribution is 2.19. The van der Waals surface area contributed by atoms with E-state index in [0.717, 1.165) is 37.0 Å². The first-order valence-corrected chi connectivity index (χ1v) is 6.68. The van der Waals surface area contributed by atoms with Crippen LogP contribution >= 0.6 is 0 Å². The fraction of sp³-hybridized carbons (Fsp3) is 0.500.